The van der Waals surface area contributed by atoms with E-state index in [0.717, 1.165) is 0 Å². The van der Waals surface area contributed by atoms with Crippen LogP contribution in [-0.4, -0.2) is 24.3 Å². The Morgan fingerprint density at radius 2 is 1.83 bits per heavy atom. The van der Waals surface area contributed by atoms with Gasteiger partial charge in [0.2, 0.25) is 5.78 Å². The highest BCUT2D eigenvalue weighted by Crippen LogP contribution is 2.20. The number of carbonyl (C=O) groups is 2. The van der Waals surface area contributed by atoms with E-state index >= 15 is 0 Å². The van der Waals surface area contributed by atoms with Crippen molar-refractivity contribution in [3.63, 3.8) is 0 Å². The zero-order valence-electron chi connectivity index (χ0n) is 9.58. The van der Waals surface area contributed by atoms with Crippen molar-refractivity contribution in [3.8, 4) is 0 Å². The summed E-state index contributed by atoms with van der Waals surface area (Å²) in [5.74, 6) is -7.43. The molecule has 1 rings (SSSR count). The third-order valence-electron chi connectivity index (χ3n) is 2.16. The lowest BCUT2D eigenvalue weighted by Crippen LogP contribution is -2.40. The van der Waals surface area contributed by atoms with E-state index in [4.69, 9.17) is 11.6 Å². The van der Waals surface area contributed by atoms with Crippen LogP contribution in [0.2, 0.25) is 5.02 Å². The molecule has 18 heavy (non-hydrogen) atoms. The third kappa shape index (κ3) is 3.50. The average molecular weight is 277 g/mol. The lowest BCUT2D eigenvalue weighted by Gasteiger charge is -2.13. The highest BCUT2D eigenvalue weighted by Gasteiger charge is 2.48. The van der Waals surface area contributed by atoms with Crippen LogP contribution in [0.1, 0.15) is 12.5 Å². The van der Waals surface area contributed by atoms with Crippen LogP contribution >= 0.6 is 11.6 Å². The number of benzene rings is 1. The van der Waals surface area contributed by atoms with Crippen molar-refractivity contribution in [1.29, 1.82) is 0 Å². The Labute approximate surface area is 108 Å². The minimum atomic E-state index is -4.12. The Morgan fingerprint density at radius 1 is 1.28 bits per heavy atom. The molecule has 0 aliphatic heterocycles. The van der Waals surface area contributed by atoms with Gasteiger partial charge in [-0.3, -0.25) is 4.79 Å². The number of hydrogen-bond donors (Lipinski definition) is 0. The number of carbonyl (C=O) groups excluding carboxylic acids is 2. The molecule has 98 valence electrons. The molecule has 0 unspecified atom stereocenters. The van der Waals surface area contributed by atoms with E-state index in [1.807, 2.05) is 0 Å². The maximum Gasteiger partial charge on any atom is 0.400 e. The highest BCUT2D eigenvalue weighted by molar-refractivity contribution is 6.30. The molecule has 0 fully saturated rings. The van der Waals surface area contributed by atoms with Crippen molar-refractivity contribution in [3.05, 3.63) is 34.9 Å². The van der Waals surface area contributed by atoms with Crippen molar-refractivity contribution in [2.45, 2.75) is 19.3 Å². The molecule has 0 N–H and O–H groups in total. The quantitative estimate of drug-likeness (QED) is 0.613. The summed E-state index contributed by atoms with van der Waals surface area (Å²) < 4.78 is 30.8. The first-order valence-corrected chi connectivity index (χ1v) is 5.58. The van der Waals surface area contributed by atoms with Crippen molar-refractivity contribution >= 4 is 23.4 Å². The third-order valence-corrected chi connectivity index (χ3v) is 2.41. The first kappa shape index (κ1) is 14.6. The van der Waals surface area contributed by atoms with Gasteiger partial charge >= 0.3 is 11.9 Å². The molecule has 0 radical (unpaired) electrons. The SMILES string of the molecule is CCOC(=O)C(F)(F)C(=O)Cc1ccc(Cl)cc1. The first-order chi connectivity index (χ1) is 8.37. The second-order valence-electron chi connectivity index (χ2n) is 3.52. The van der Waals surface area contributed by atoms with Gasteiger partial charge in [-0.1, -0.05) is 23.7 Å². The largest absolute Gasteiger partial charge is 0.461 e. The fourth-order valence-corrected chi connectivity index (χ4v) is 1.36. The topological polar surface area (TPSA) is 43.4 Å². The molecule has 0 aliphatic rings. The molecule has 0 heterocycles. The van der Waals surface area contributed by atoms with Crippen LogP contribution < -0.4 is 0 Å². The minimum absolute atomic E-state index is 0.206. The van der Waals surface area contributed by atoms with Crippen LogP contribution in [0, 0.1) is 0 Å². The van der Waals surface area contributed by atoms with E-state index < -0.39 is 24.1 Å². The van der Waals surface area contributed by atoms with Gasteiger partial charge in [0.05, 0.1) is 6.61 Å². The van der Waals surface area contributed by atoms with Crippen molar-refractivity contribution in [2.75, 3.05) is 6.61 Å². The van der Waals surface area contributed by atoms with Gasteiger partial charge in [0.15, 0.2) is 0 Å². The van der Waals surface area contributed by atoms with Gasteiger partial charge in [0.1, 0.15) is 0 Å². The van der Waals surface area contributed by atoms with E-state index in [-0.39, 0.29) is 6.61 Å². The molecule has 0 saturated heterocycles. The summed E-state index contributed by atoms with van der Waals surface area (Å²) in [6.07, 6.45) is -0.553. The van der Waals surface area contributed by atoms with Crippen LogP contribution in [0.25, 0.3) is 0 Å². The zero-order valence-corrected chi connectivity index (χ0v) is 10.3. The summed E-state index contributed by atoms with van der Waals surface area (Å²) in [5.41, 5.74) is 0.355. The molecule has 0 spiro atoms. The standard InChI is InChI=1S/C12H11ClF2O3/c1-2-18-11(17)12(14,15)10(16)7-8-3-5-9(13)6-4-8/h3-6H,2,7H2,1H3. The number of halogens is 3. The number of alkyl halides is 2. The smallest absolute Gasteiger partial charge is 0.400 e. The summed E-state index contributed by atoms with van der Waals surface area (Å²) in [5, 5.41) is 0.434. The van der Waals surface area contributed by atoms with Gasteiger partial charge in [0, 0.05) is 11.4 Å². The Bertz CT molecular complexity index is 443. The fourth-order valence-electron chi connectivity index (χ4n) is 1.23. The predicted octanol–water partition coefficient (Wildman–Crippen LogP) is 2.65. The maximum absolute atomic E-state index is 13.3. The molecule has 0 atom stereocenters. The molecule has 1 aromatic rings. The van der Waals surface area contributed by atoms with Gasteiger partial charge in [-0.15, -0.1) is 0 Å². The van der Waals surface area contributed by atoms with E-state index in [9.17, 15) is 18.4 Å². The Kier molecular flexibility index (Phi) is 4.78. The van der Waals surface area contributed by atoms with Crippen molar-refractivity contribution in [2.24, 2.45) is 0 Å². The summed E-state index contributed by atoms with van der Waals surface area (Å²) >= 11 is 5.62. The van der Waals surface area contributed by atoms with Gasteiger partial charge < -0.3 is 4.74 Å². The second kappa shape index (κ2) is 5.91. The molecule has 6 heteroatoms. The van der Waals surface area contributed by atoms with E-state index in [1.54, 1.807) is 0 Å². The molecule has 0 aliphatic carbocycles. The van der Waals surface area contributed by atoms with Crippen molar-refractivity contribution in [1.82, 2.24) is 0 Å². The number of Topliss-reactive ketones (excluding diaryl/α,β-unsaturated/α-hetero) is 1. The average Bonchev–Trinajstić information content (AvgIpc) is 2.32. The number of ketones is 1. The summed E-state index contributed by atoms with van der Waals surface area (Å²) in [7, 11) is 0. The highest BCUT2D eigenvalue weighted by atomic mass is 35.5. The number of rotatable bonds is 5. The van der Waals surface area contributed by atoms with Crippen molar-refractivity contribution < 1.29 is 23.1 Å². The maximum atomic E-state index is 13.3. The monoisotopic (exact) mass is 276 g/mol. The summed E-state index contributed by atoms with van der Waals surface area (Å²) in [6.45, 7) is 1.18. The molecular weight excluding hydrogens is 266 g/mol. The Hall–Kier alpha value is -1.49. The number of hydrogen-bond acceptors (Lipinski definition) is 3. The molecule has 0 amide bonds. The normalized spacial score (nSPS) is 11.1. The van der Waals surface area contributed by atoms with Crippen LogP contribution in [0.15, 0.2) is 24.3 Å². The Morgan fingerprint density at radius 3 is 2.33 bits per heavy atom. The number of ether oxygens (including phenoxy) is 1. The Balaban J connectivity index is 2.75. The van der Waals surface area contributed by atoms with Crippen LogP contribution in [0.5, 0.6) is 0 Å². The fraction of sp³-hybridized carbons (Fsp3) is 0.333. The van der Waals surface area contributed by atoms with E-state index in [2.05, 4.69) is 4.74 Å². The van der Waals surface area contributed by atoms with Crippen LogP contribution in [-0.2, 0) is 20.7 Å². The van der Waals surface area contributed by atoms with E-state index in [1.165, 1.54) is 31.2 Å². The van der Waals surface area contributed by atoms with E-state index in [0.29, 0.717) is 10.6 Å². The second-order valence-corrected chi connectivity index (χ2v) is 3.96. The first-order valence-electron chi connectivity index (χ1n) is 5.20. The lowest BCUT2D eigenvalue weighted by molar-refractivity contribution is -0.176. The molecule has 0 aromatic heterocycles. The van der Waals surface area contributed by atoms with Crippen LogP contribution in [0.4, 0.5) is 8.78 Å². The van der Waals surface area contributed by atoms with Gasteiger partial charge in [-0.2, -0.15) is 8.78 Å². The zero-order chi connectivity index (χ0) is 13.8. The molecule has 3 nitrogen and oxygen atoms in total. The van der Waals surface area contributed by atoms with Gasteiger partial charge in [-0.05, 0) is 24.6 Å². The summed E-state index contributed by atoms with van der Waals surface area (Å²) in [4.78, 5) is 22.3. The lowest BCUT2D eigenvalue weighted by atomic mass is 10.1. The summed E-state index contributed by atoms with van der Waals surface area (Å²) in [6, 6.07) is 5.85. The van der Waals surface area contributed by atoms with Gasteiger partial charge in [-0.25, -0.2) is 4.79 Å². The predicted molar refractivity (Wildman–Crippen MR) is 61.7 cm³/mol. The molecular formula is C12H11ClF2O3. The van der Waals surface area contributed by atoms with Gasteiger partial charge in [0.25, 0.3) is 0 Å². The van der Waals surface area contributed by atoms with Crippen LogP contribution in [0.3, 0.4) is 0 Å². The minimum Gasteiger partial charge on any atom is -0.461 e. The number of esters is 1. The molecule has 0 saturated carbocycles. The molecule has 0 bridgehead atoms. The molecule has 1 aromatic carbocycles.